The zero-order valence-corrected chi connectivity index (χ0v) is 48.6. The van der Waals surface area contributed by atoms with Crippen LogP contribution in [0.2, 0.25) is 15.1 Å². The highest BCUT2D eigenvalue weighted by Gasteiger charge is 2.32. The van der Waals surface area contributed by atoms with Gasteiger partial charge >= 0.3 is 24.5 Å². The van der Waals surface area contributed by atoms with E-state index < -0.39 is 50.4 Å². The number of alkyl halides is 9. The van der Waals surface area contributed by atoms with E-state index >= 15 is 0 Å². The van der Waals surface area contributed by atoms with Crippen molar-refractivity contribution in [3.63, 3.8) is 0 Å². The summed E-state index contributed by atoms with van der Waals surface area (Å²) in [7, 11) is 7.36. The van der Waals surface area contributed by atoms with Crippen LogP contribution in [0.5, 0.6) is 0 Å². The number of aliphatic carboxylic acids is 1. The molecule has 6 heterocycles. The van der Waals surface area contributed by atoms with E-state index in [9.17, 15) is 53.9 Å². The first kappa shape index (κ1) is 72.5. The second-order valence-electron chi connectivity index (χ2n) is 17.2. The van der Waals surface area contributed by atoms with Crippen LogP contribution in [0.25, 0.3) is 0 Å². The molecule has 3 aliphatic rings. The van der Waals surface area contributed by atoms with Crippen molar-refractivity contribution in [2.45, 2.75) is 45.2 Å². The van der Waals surface area contributed by atoms with Crippen molar-refractivity contribution < 1.29 is 63.2 Å². The summed E-state index contributed by atoms with van der Waals surface area (Å²) in [6, 6.07) is 23.7. The van der Waals surface area contributed by atoms with Gasteiger partial charge < -0.3 is 36.6 Å². The lowest BCUT2D eigenvalue weighted by atomic mass is 10.1. The van der Waals surface area contributed by atoms with E-state index in [1.165, 1.54) is 36.4 Å². The lowest BCUT2D eigenvalue weighted by Gasteiger charge is -2.27. The van der Waals surface area contributed by atoms with E-state index in [-0.39, 0.29) is 18.6 Å². The SMILES string of the molecule is C.Nc1ccc(C(F)(F)F)cc1.Nc1ccc(C(F)(F)F)cc1.O=C(Cl)C1=CCN(c2ncccc2Cl)CC1.O=C(Nc1ccc(C(F)(F)F)cc1)C1=CCN(c2ncccc2Cl)CC1.O=C(O)C1=CCN(c2ncccc2Cl)CC1.O=S(Cl)Cl. The maximum Gasteiger partial charge on any atom is 0.416 e. The maximum absolute atomic E-state index is 12.6. The molecule has 9 rings (SSSR count). The molecule has 1 amide bonds. The van der Waals surface area contributed by atoms with Gasteiger partial charge in [0, 0.05) is 113 Å². The second-order valence-corrected chi connectivity index (χ2v) is 21.3. The number of carboxylic acids is 1. The van der Waals surface area contributed by atoms with Crippen molar-refractivity contribution in [2.24, 2.45) is 0 Å². The number of nitrogens with two attached hydrogens (primary N) is 2. The second kappa shape index (κ2) is 34.4. The molecule has 0 spiro atoms. The lowest BCUT2D eigenvalue weighted by molar-refractivity contribution is -0.138. The minimum atomic E-state index is -4.40. The summed E-state index contributed by atoms with van der Waals surface area (Å²) in [6.07, 6.45) is -0.972. The van der Waals surface area contributed by atoms with Crippen molar-refractivity contribution in [3.05, 3.63) is 194 Å². The van der Waals surface area contributed by atoms with Crippen LogP contribution in [-0.2, 0) is 42.1 Å². The van der Waals surface area contributed by atoms with E-state index in [0.717, 1.165) is 42.2 Å². The molecule has 0 unspecified atom stereocenters. The monoisotopic (exact) mass is 1330 g/mol. The molecule has 0 aliphatic carbocycles. The molecular formula is C55H52Cl6F9N9O5S. The lowest BCUT2D eigenvalue weighted by Crippen LogP contribution is -2.32. The molecule has 3 aromatic carbocycles. The first-order valence-electron chi connectivity index (χ1n) is 24.1. The Balaban J connectivity index is 0.000000283. The van der Waals surface area contributed by atoms with Crippen LogP contribution in [0.15, 0.2) is 163 Å². The fourth-order valence-electron chi connectivity index (χ4n) is 7.29. The third-order valence-electron chi connectivity index (χ3n) is 11.5. The van der Waals surface area contributed by atoms with Gasteiger partial charge in [0.05, 0.1) is 31.8 Å². The molecule has 3 aliphatic heterocycles. The Labute approximate surface area is 514 Å². The molecule has 0 fully saturated rings. The van der Waals surface area contributed by atoms with Gasteiger partial charge in [0.15, 0.2) is 0 Å². The van der Waals surface area contributed by atoms with Crippen molar-refractivity contribution >= 4 is 129 Å². The van der Waals surface area contributed by atoms with Crippen LogP contribution in [0.3, 0.4) is 0 Å². The summed E-state index contributed by atoms with van der Waals surface area (Å²) in [5.41, 5.74) is 11.0. The van der Waals surface area contributed by atoms with Crippen LogP contribution in [0.4, 0.5) is 74.0 Å². The van der Waals surface area contributed by atoms with Gasteiger partial charge in [0.1, 0.15) is 17.5 Å². The number of carboxylic acid groups (broad SMARTS) is 1. The molecule has 458 valence electrons. The molecule has 0 radical (unpaired) electrons. The zero-order valence-electron chi connectivity index (χ0n) is 43.2. The molecule has 0 saturated heterocycles. The number of rotatable bonds is 7. The summed E-state index contributed by atoms with van der Waals surface area (Å²) in [5.74, 6) is 0.960. The minimum absolute atomic E-state index is 0. The van der Waals surface area contributed by atoms with Crippen LogP contribution in [0, 0.1) is 0 Å². The van der Waals surface area contributed by atoms with Gasteiger partial charge in [-0.05, 0) is 140 Å². The average Bonchev–Trinajstić information content (AvgIpc) is 3.66. The van der Waals surface area contributed by atoms with Gasteiger partial charge in [0.2, 0.25) is 14.5 Å². The number of hydrogen-bond acceptors (Lipinski definition) is 12. The molecule has 14 nitrogen and oxygen atoms in total. The maximum atomic E-state index is 12.6. The molecule has 6 N–H and O–H groups in total. The van der Waals surface area contributed by atoms with Gasteiger partial charge in [-0.15, -0.1) is 0 Å². The number of anilines is 6. The standard InChI is InChI=1S/C18H15ClF3N3O.C11H10Cl2N2O.C11H11ClN2O2.2C7H6F3N.CH4.Cl2OS/c19-15-2-1-9-23-16(15)25-10-7-12(8-11-25)17(26)24-14-5-3-13(4-6-14)18(20,21)22;12-9-2-1-5-14-11(9)15-6-3-8(4-7-15)10(13)16;12-9-2-1-5-13-10(9)14-6-3-8(4-7-14)11(15)16;2*8-7(9,10)5-1-3-6(11)4-2-5;;1-4(2)3/h1-7,9H,8,10-11H2,(H,24,26);1-3,5H,4,6-7H2;1-3,5H,4,6-7H2,(H,15,16);2*1-4H,11H2;1H4;. The highest BCUT2D eigenvalue weighted by molar-refractivity contribution is 8.26. The van der Waals surface area contributed by atoms with Crippen LogP contribution < -0.4 is 31.5 Å². The number of pyridine rings is 3. The minimum Gasteiger partial charge on any atom is -0.478 e. The van der Waals surface area contributed by atoms with Crippen molar-refractivity contribution in [1.82, 2.24) is 15.0 Å². The van der Waals surface area contributed by atoms with E-state index in [1.54, 1.807) is 67.1 Å². The third-order valence-corrected chi connectivity index (χ3v) is 12.6. The number of hydrogen-bond donors (Lipinski definition) is 4. The Morgan fingerprint density at radius 2 is 0.812 bits per heavy atom. The van der Waals surface area contributed by atoms with Gasteiger partial charge in [-0.1, -0.05) is 60.5 Å². The van der Waals surface area contributed by atoms with Crippen LogP contribution >= 0.6 is 67.8 Å². The number of nitrogens with one attached hydrogen (secondary N) is 1. The van der Waals surface area contributed by atoms with Gasteiger partial charge in [-0.2, -0.15) is 39.5 Å². The summed E-state index contributed by atoms with van der Waals surface area (Å²) < 4.78 is 118. The number of benzene rings is 3. The number of carbonyl (C=O) groups is 3. The van der Waals surface area contributed by atoms with Gasteiger partial charge in [-0.3, -0.25) is 9.59 Å². The molecule has 6 aromatic rings. The van der Waals surface area contributed by atoms with E-state index in [1.807, 2.05) is 20.8 Å². The number of aromatic nitrogens is 3. The third kappa shape index (κ3) is 25.0. The van der Waals surface area contributed by atoms with Gasteiger partial charge in [0.25, 0.3) is 5.91 Å². The summed E-state index contributed by atoms with van der Waals surface area (Å²) in [6.45, 7) is 3.55. The van der Waals surface area contributed by atoms with E-state index in [2.05, 4.69) is 41.6 Å². The summed E-state index contributed by atoms with van der Waals surface area (Å²) in [5, 5.41) is 12.8. The Morgan fingerprint density at radius 3 is 1.07 bits per heavy atom. The predicted octanol–water partition coefficient (Wildman–Crippen LogP) is 15.4. The number of halogens is 15. The molecule has 0 saturated carbocycles. The predicted molar refractivity (Wildman–Crippen MR) is 319 cm³/mol. The van der Waals surface area contributed by atoms with E-state index in [4.69, 9.17) is 67.2 Å². The number of amides is 1. The molecule has 3 aromatic heterocycles. The Hall–Kier alpha value is -6.80. The van der Waals surface area contributed by atoms with Gasteiger partial charge in [-0.25, -0.2) is 24.0 Å². The smallest absolute Gasteiger partial charge is 0.416 e. The van der Waals surface area contributed by atoms with Crippen LogP contribution in [0.1, 0.15) is 43.4 Å². The van der Waals surface area contributed by atoms with Crippen LogP contribution in [-0.4, -0.2) is 80.7 Å². The molecule has 30 heteroatoms. The van der Waals surface area contributed by atoms with Crippen molar-refractivity contribution in [3.8, 4) is 0 Å². The molecular weight excluding hydrogens is 1280 g/mol. The Morgan fingerprint density at radius 1 is 0.518 bits per heavy atom. The number of nitrogen functional groups attached to an aromatic ring is 2. The number of carbonyl (C=O) groups excluding carboxylic acids is 2. The zero-order chi connectivity index (χ0) is 62.4. The fourth-order valence-corrected chi connectivity index (χ4v) is 8.19. The Kier molecular flexibility index (Phi) is 29.3. The normalized spacial score (nSPS) is 13.9. The quantitative estimate of drug-likeness (QED) is 0.0669. The molecule has 0 bridgehead atoms. The summed E-state index contributed by atoms with van der Waals surface area (Å²) in [4.78, 5) is 52.6. The fraction of sp³-hybridized carbons (Fsp3) is 0.236. The summed E-state index contributed by atoms with van der Waals surface area (Å²) >= 11 is 23.6. The van der Waals surface area contributed by atoms with E-state index in [0.29, 0.717) is 119 Å². The largest absolute Gasteiger partial charge is 0.478 e. The highest BCUT2D eigenvalue weighted by Crippen LogP contribution is 2.33. The average molecular weight is 1330 g/mol. The first-order valence-corrected chi connectivity index (χ1v) is 28.4. The highest BCUT2D eigenvalue weighted by atomic mass is 36.0. The Bertz CT molecular complexity index is 3130. The molecule has 85 heavy (non-hydrogen) atoms. The molecule has 0 atom stereocenters. The topological polar surface area (TPSA) is 201 Å². The number of nitrogens with zero attached hydrogens (tertiary/aromatic N) is 6. The first-order chi connectivity index (χ1) is 39.4. The van der Waals surface area contributed by atoms with Crippen molar-refractivity contribution in [2.75, 3.05) is 70.8 Å². The van der Waals surface area contributed by atoms with Crippen molar-refractivity contribution in [1.29, 1.82) is 0 Å².